The molecule has 6 atom stereocenters. The van der Waals surface area contributed by atoms with Crippen LogP contribution in [0.25, 0.3) is 0 Å². The number of carboxylic acid groups (broad SMARTS) is 1. The van der Waals surface area contributed by atoms with Gasteiger partial charge in [-0.2, -0.15) is 0 Å². The van der Waals surface area contributed by atoms with Gasteiger partial charge in [0.2, 0.25) is 5.91 Å². The number of nitrogens with zero attached hydrogens (tertiary/aromatic N) is 3. The van der Waals surface area contributed by atoms with Crippen molar-refractivity contribution in [3.05, 3.63) is 66.0 Å². The maximum atomic E-state index is 12.9. The second-order valence-electron chi connectivity index (χ2n) is 10.4. The number of ether oxygens (including phenoxy) is 1. The highest BCUT2D eigenvalue weighted by Gasteiger charge is 2.66. The lowest BCUT2D eigenvalue weighted by Gasteiger charge is -2.50. The lowest BCUT2D eigenvalue weighted by molar-refractivity contribution is -0.166. The van der Waals surface area contributed by atoms with E-state index in [1.54, 1.807) is 30.3 Å². The van der Waals surface area contributed by atoms with Gasteiger partial charge in [0, 0.05) is 40.6 Å². The third kappa shape index (κ3) is 4.99. The molecule has 9 nitrogen and oxygen atoms in total. The van der Waals surface area contributed by atoms with Crippen molar-refractivity contribution in [1.29, 1.82) is 0 Å². The Hall–Kier alpha value is -3.11. The van der Waals surface area contributed by atoms with Crippen LogP contribution in [0.2, 0.25) is 0 Å². The minimum atomic E-state index is -1.17. The second-order valence-corrected chi connectivity index (χ2v) is 11.7. The number of carboxylic acids is 1. The Labute approximate surface area is 227 Å². The van der Waals surface area contributed by atoms with Crippen molar-refractivity contribution in [3.8, 4) is 0 Å². The molecule has 0 saturated carbocycles. The van der Waals surface area contributed by atoms with Crippen LogP contribution < -0.4 is 0 Å². The number of carbonyl (C=O) groups is 3. The van der Waals surface area contributed by atoms with Crippen LogP contribution in [0.5, 0.6) is 0 Å². The molecule has 2 saturated heterocycles. The molecule has 4 rings (SSSR count). The van der Waals surface area contributed by atoms with Gasteiger partial charge < -0.3 is 24.7 Å². The zero-order chi connectivity index (χ0) is 27.6. The quantitative estimate of drug-likeness (QED) is 0.322. The van der Waals surface area contributed by atoms with Crippen LogP contribution in [0.3, 0.4) is 0 Å². The molecule has 0 aromatic carbocycles. The summed E-state index contributed by atoms with van der Waals surface area (Å²) < 4.78 is 5.36. The summed E-state index contributed by atoms with van der Waals surface area (Å²) in [6, 6.07) is 3.34. The molecule has 0 bridgehead atoms. The van der Waals surface area contributed by atoms with Crippen LogP contribution in [-0.4, -0.2) is 79.6 Å². The Morgan fingerprint density at radius 2 is 2.03 bits per heavy atom. The van der Waals surface area contributed by atoms with Crippen LogP contribution in [-0.2, 0) is 20.7 Å². The number of thioether (sulfide) groups is 1. The van der Waals surface area contributed by atoms with E-state index in [-0.39, 0.29) is 29.5 Å². The molecule has 4 heterocycles. The molecule has 3 aliphatic rings. The smallest absolute Gasteiger partial charge is 0.410 e. The normalized spacial score (nSPS) is 29.1. The number of rotatable bonds is 11. The SMILES string of the molecule is C=CCOC(=O)N1C[C@@H](SC2=C(C(=O)O)N3C(=O)[C@H]([C@@H](C)O)[C@H]3[C@@]2(C)CC=C)C[C@H]1CCc1ccncc1. The lowest BCUT2D eigenvalue weighted by atomic mass is 9.68. The van der Waals surface area contributed by atoms with E-state index in [2.05, 4.69) is 18.1 Å². The number of fused-ring (bicyclic) bond motifs is 1. The first kappa shape index (κ1) is 27.9. The third-order valence-corrected chi connectivity index (χ3v) is 9.36. The first-order chi connectivity index (χ1) is 18.1. The van der Waals surface area contributed by atoms with Crippen molar-refractivity contribution < 1.29 is 29.3 Å². The molecule has 1 aromatic heterocycles. The molecular formula is C28H35N3O6S. The molecule has 10 heteroatoms. The molecule has 0 unspecified atom stereocenters. The summed E-state index contributed by atoms with van der Waals surface area (Å²) in [4.78, 5) is 46.0. The third-order valence-electron chi connectivity index (χ3n) is 7.79. The predicted octanol–water partition coefficient (Wildman–Crippen LogP) is 3.61. The Morgan fingerprint density at radius 1 is 1.32 bits per heavy atom. The Bertz CT molecular complexity index is 1140. The van der Waals surface area contributed by atoms with Crippen LogP contribution in [0.15, 0.2) is 60.4 Å². The maximum Gasteiger partial charge on any atom is 0.410 e. The summed E-state index contributed by atoms with van der Waals surface area (Å²) >= 11 is 1.43. The maximum absolute atomic E-state index is 12.9. The summed E-state index contributed by atoms with van der Waals surface area (Å²) in [7, 11) is 0. The molecule has 38 heavy (non-hydrogen) atoms. The minimum Gasteiger partial charge on any atom is -0.477 e. The number of aliphatic hydroxyl groups is 1. The summed E-state index contributed by atoms with van der Waals surface area (Å²) in [5, 5.41) is 20.4. The number of aliphatic hydroxyl groups excluding tert-OH is 1. The number of carbonyl (C=O) groups excluding carboxylic acids is 2. The fraction of sp³-hybridized carbons (Fsp3) is 0.500. The molecule has 1 aromatic rings. The molecular weight excluding hydrogens is 506 g/mol. The summed E-state index contributed by atoms with van der Waals surface area (Å²) in [5.41, 5.74) is 0.388. The van der Waals surface area contributed by atoms with Gasteiger partial charge in [0.05, 0.1) is 18.1 Å². The highest BCUT2D eigenvalue weighted by atomic mass is 32.2. The first-order valence-electron chi connectivity index (χ1n) is 12.8. The van der Waals surface area contributed by atoms with E-state index in [1.165, 1.54) is 22.7 Å². The van der Waals surface area contributed by atoms with Crippen molar-refractivity contribution >= 4 is 29.7 Å². The number of pyridine rings is 1. The average Bonchev–Trinajstić information content (AvgIpc) is 3.37. The zero-order valence-corrected chi connectivity index (χ0v) is 22.6. The number of hydrogen-bond acceptors (Lipinski definition) is 7. The van der Waals surface area contributed by atoms with Crippen molar-refractivity contribution in [2.45, 2.75) is 63.0 Å². The number of allylic oxidation sites excluding steroid dienone is 1. The van der Waals surface area contributed by atoms with Crippen LogP contribution in [0, 0.1) is 11.3 Å². The van der Waals surface area contributed by atoms with Crippen molar-refractivity contribution in [2.75, 3.05) is 13.2 Å². The van der Waals surface area contributed by atoms with Crippen LogP contribution in [0.1, 0.15) is 38.7 Å². The first-order valence-corrected chi connectivity index (χ1v) is 13.7. The monoisotopic (exact) mass is 541 g/mol. The molecule has 2 amide bonds. The molecule has 204 valence electrons. The topological polar surface area (TPSA) is 120 Å². The van der Waals surface area contributed by atoms with Gasteiger partial charge in [-0.15, -0.1) is 18.3 Å². The number of β-lactam (4-membered cyclic amide) rings is 1. The standard InChI is InChI=1S/C28H35N3O6S/c1-5-11-28(4)23-21(17(3)32)25(33)31(23)22(26(34)35)24(28)38-20-15-19(8-7-18-9-12-29-13-10-18)30(16-20)27(36)37-14-6-2/h5-6,9-10,12-13,17,19-21,23,32H,1-2,7-8,11,14-16H2,3-4H3,(H,34,35)/t17-,19-,20+,21-,23+,28-/m1/s1. The fourth-order valence-electron chi connectivity index (χ4n) is 6.05. The number of likely N-dealkylation sites (tertiary alicyclic amines) is 1. The van der Waals surface area contributed by atoms with E-state index in [9.17, 15) is 24.6 Å². The molecule has 2 N–H and O–H groups in total. The van der Waals surface area contributed by atoms with Gasteiger partial charge in [-0.25, -0.2) is 9.59 Å². The van der Waals surface area contributed by atoms with Crippen LogP contribution in [0.4, 0.5) is 4.79 Å². The number of aryl methyl sites for hydroxylation is 1. The number of hydrogen-bond donors (Lipinski definition) is 2. The number of aromatic nitrogens is 1. The fourth-order valence-corrected chi connectivity index (χ4v) is 7.71. The van der Waals surface area contributed by atoms with E-state index >= 15 is 0 Å². The Balaban J connectivity index is 1.61. The van der Waals surface area contributed by atoms with E-state index in [1.807, 2.05) is 19.1 Å². The second kappa shape index (κ2) is 11.3. The predicted molar refractivity (Wildman–Crippen MR) is 144 cm³/mol. The van der Waals surface area contributed by atoms with E-state index in [4.69, 9.17) is 4.74 Å². The van der Waals surface area contributed by atoms with Gasteiger partial charge >= 0.3 is 12.1 Å². The van der Waals surface area contributed by atoms with Gasteiger partial charge in [0.1, 0.15) is 12.3 Å². The van der Waals surface area contributed by atoms with Gasteiger partial charge in [0.25, 0.3) is 0 Å². The van der Waals surface area contributed by atoms with Gasteiger partial charge in [-0.3, -0.25) is 9.78 Å². The van der Waals surface area contributed by atoms with Gasteiger partial charge in [-0.1, -0.05) is 25.7 Å². The minimum absolute atomic E-state index is 0.0210. The van der Waals surface area contributed by atoms with Crippen molar-refractivity contribution in [3.63, 3.8) is 0 Å². The van der Waals surface area contributed by atoms with Crippen molar-refractivity contribution in [2.24, 2.45) is 11.3 Å². The summed E-state index contributed by atoms with van der Waals surface area (Å²) in [5.74, 6) is -2.21. The molecule has 0 radical (unpaired) electrons. The zero-order valence-electron chi connectivity index (χ0n) is 21.8. The summed E-state index contributed by atoms with van der Waals surface area (Å²) in [6.07, 6.45) is 8.00. The molecule has 3 aliphatic heterocycles. The Kier molecular flexibility index (Phi) is 8.32. The van der Waals surface area contributed by atoms with Gasteiger partial charge in [0.15, 0.2) is 0 Å². The van der Waals surface area contributed by atoms with Crippen molar-refractivity contribution in [1.82, 2.24) is 14.8 Å². The van der Waals surface area contributed by atoms with Crippen LogP contribution >= 0.6 is 11.8 Å². The number of aliphatic carboxylic acids is 1. The highest BCUT2D eigenvalue weighted by molar-refractivity contribution is 8.03. The average molecular weight is 542 g/mol. The summed E-state index contributed by atoms with van der Waals surface area (Å²) in [6.45, 7) is 11.5. The van der Waals surface area contributed by atoms with E-state index < -0.39 is 35.5 Å². The van der Waals surface area contributed by atoms with E-state index in [0.717, 1.165) is 18.4 Å². The lowest BCUT2D eigenvalue weighted by Crippen LogP contribution is -2.66. The molecule has 0 aliphatic carbocycles. The largest absolute Gasteiger partial charge is 0.477 e. The molecule has 0 spiro atoms. The highest BCUT2D eigenvalue weighted by Crippen LogP contribution is 2.60. The van der Waals surface area contributed by atoms with Gasteiger partial charge in [-0.05, 0) is 50.3 Å². The number of amides is 2. The Morgan fingerprint density at radius 3 is 2.63 bits per heavy atom. The van der Waals surface area contributed by atoms with E-state index in [0.29, 0.717) is 24.3 Å². The molecule has 2 fully saturated rings.